The number of amides is 1. The first-order valence-electron chi connectivity index (χ1n) is 13.5. The van der Waals surface area contributed by atoms with Gasteiger partial charge in [-0.3, -0.25) is 4.79 Å². The van der Waals surface area contributed by atoms with Crippen molar-refractivity contribution in [2.75, 3.05) is 6.61 Å². The van der Waals surface area contributed by atoms with Gasteiger partial charge in [-0.15, -0.1) is 0 Å². The number of piperidine rings is 1. The number of benzene rings is 2. The molecule has 7 nitrogen and oxygen atoms in total. The summed E-state index contributed by atoms with van der Waals surface area (Å²) in [5.74, 6) is -4.26. The molecule has 2 aromatic carbocycles. The van der Waals surface area contributed by atoms with Gasteiger partial charge in [-0.2, -0.15) is 13.5 Å². The molecule has 3 unspecified atom stereocenters. The molecule has 2 saturated heterocycles. The minimum absolute atomic E-state index is 0.110. The zero-order valence-corrected chi connectivity index (χ0v) is 24.4. The van der Waals surface area contributed by atoms with Crippen molar-refractivity contribution in [2.45, 2.75) is 93.3 Å². The van der Waals surface area contributed by atoms with Gasteiger partial charge in [0.25, 0.3) is 5.92 Å². The summed E-state index contributed by atoms with van der Waals surface area (Å²) in [7, 11) is -4.48. The number of rotatable bonds is 12. The lowest BCUT2D eigenvalue weighted by atomic mass is 9.95. The molecule has 4 rings (SSSR count). The molecule has 0 saturated carbocycles. The average molecular weight is 629 g/mol. The topological polar surface area (TPSA) is 102 Å². The highest BCUT2D eigenvalue weighted by Gasteiger charge is 2.53. The fourth-order valence-electron chi connectivity index (χ4n) is 5.50. The molecule has 0 spiro atoms. The molecule has 39 heavy (non-hydrogen) atoms. The van der Waals surface area contributed by atoms with E-state index in [0.29, 0.717) is 42.5 Å². The molecule has 214 valence electrons. The van der Waals surface area contributed by atoms with Gasteiger partial charge < -0.3 is 15.4 Å². The van der Waals surface area contributed by atoms with E-state index in [1.807, 2.05) is 0 Å². The zero-order chi connectivity index (χ0) is 28.2. The fraction of sp³-hybridized carbons (Fsp3) is 0.536. The molecule has 11 heteroatoms. The Morgan fingerprint density at radius 2 is 1.69 bits per heavy atom. The average Bonchev–Trinajstić information content (AvgIpc) is 3.18. The molecule has 2 fully saturated rings. The summed E-state index contributed by atoms with van der Waals surface area (Å²) in [5, 5.41) is 0. The number of hydrogen-bond donors (Lipinski definition) is 2. The molecule has 3 N–H and O–H groups in total. The number of alkyl halides is 2. The number of fused-ring (bicyclic) bond motifs is 2. The van der Waals surface area contributed by atoms with E-state index in [0.717, 1.165) is 25.7 Å². The summed E-state index contributed by atoms with van der Waals surface area (Å²) in [6.45, 7) is 2.62. The normalized spacial score (nSPS) is 22.1. The molecule has 1 amide bonds. The van der Waals surface area contributed by atoms with Gasteiger partial charge in [-0.05, 0) is 68.5 Å². The molecule has 0 radical (unpaired) electrons. The van der Waals surface area contributed by atoms with E-state index in [1.165, 1.54) is 53.4 Å². The number of nitrogens with one attached hydrogen (secondary N) is 1. The van der Waals surface area contributed by atoms with Crippen LogP contribution in [0.3, 0.4) is 0 Å². The maximum absolute atomic E-state index is 16.0. The summed E-state index contributed by atoms with van der Waals surface area (Å²) in [4.78, 5) is 15.0. The monoisotopic (exact) mass is 627 g/mol. The smallest absolute Gasteiger partial charge is 0.298 e. The predicted octanol–water partition coefficient (Wildman–Crippen LogP) is 5.33. The number of halogens is 3. The number of hydrogen-bond acceptors (Lipinski definition) is 5. The van der Waals surface area contributed by atoms with Crippen LogP contribution in [0.2, 0.25) is 0 Å². The Bertz CT molecular complexity index is 1210. The largest absolute Gasteiger partial charge is 0.494 e. The van der Waals surface area contributed by atoms with Gasteiger partial charge in [0, 0.05) is 28.2 Å². The van der Waals surface area contributed by atoms with E-state index in [-0.39, 0.29) is 23.0 Å². The highest BCUT2D eigenvalue weighted by molar-refractivity contribution is 9.10. The SMILES string of the molecule is CCCCCCOc1ccc(S(=O)(=O)NC(C(=O)N2C3CCC2CC(N)C3)C(F)(F)c2ccc(Br)cc2)cc1. The van der Waals surface area contributed by atoms with Crippen LogP contribution in [0, 0.1) is 0 Å². The van der Waals surface area contributed by atoms with Crippen molar-refractivity contribution >= 4 is 31.9 Å². The Hall–Kier alpha value is -2.08. The van der Waals surface area contributed by atoms with Gasteiger partial charge in [0.1, 0.15) is 5.75 Å². The van der Waals surface area contributed by atoms with Gasteiger partial charge in [0.15, 0.2) is 6.04 Å². The number of sulfonamides is 1. The van der Waals surface area contributed by atoms with E-state index in [9.17, 15) is 13.2 Å². The summed E-state index contributed by atoms with van der Waals surface area (Å²) in [6.07, 6.45) is 6.48. The second kappa shape index (κ2) is 12.6. The first-order chi connectivity index (χ1) is 18.5. The van der Waals surface area contributed by atoms with Crippen LogP contribution in [0.15, 0.2) is 57.9 Å². The molecule has 2 heterocycles. The molecule has 2 aliphatic heterocycles. The number of unbranched alkanes of at least 4 members (excludes halogenated alkanes) is 3. The second-order valence-corrected chi connectivity index (χ2v) is 13.1. The van der Waals surface area contributed by atoms with Crippen LogP contribution in [-0.4, -0.2) is 50.0 Å². The van der Waals surface area contributed by atoms with Crippen LogP contribution >= 0.6 is 15.9 Å². The number of carbonyl (C=O) groups excluding carboxylic acids is 1. The second-order valence-electron chi connectivity index (χ2n) is 10.4. The van der Waals surface area contributed by atoms with E-state index in [1.54, 1.807) is 0 Å². The van der Waals surface area contributed by atoms with Gasteiger partial charge in [-0.1, -0.05) is 54.2 Å². The first kappa shape index (κ1) is 29.9. The highest BCUT2D eigenvalue weighted by atomic mass is 79.9. The maximum atomic E-state index is 16.0. The molecule has 2 aliphatic rings. The number of nitrogens with two attached hydrogens (primary N) is 1. The molecule has 3 atom stereocenters. The Morgan fingerprint density at radius 1 is 1.08 bits per heavy atom. The van der Waals surface area contributed by atoms with E-state index in [2.05, 4.69) is 27.6 Å². The maximum Gasteiger partial charge on any atom is 0.298 e. The highest BCUT2D eigenvalue weighted by Crippen LogP contribution is 2.40. The van der Waals surface area contributed by atoms with Crippen LogP contribution in [0.25, 0.3) is 0 Å². The van der Waals surface area contributed by atoms with Gasteiger partial charge in [0.2, 0.25) is 15.9 Å². The van der Waals surface area contributed by atoms with Crippen molar-refractivity contribution in [1.82, 2.24) is 9.62 Å². The lowest BCUT2D eigenvalue weighted by Crippen LogP contribution is -2.60. The lowest BCUT2D eigenvalue weighted by Gasteiger charge is -2.41. The molecule has 2 aromatic rings. The summed E-state index contributed by atoms with van der Waals surface area (Å²) in [5.41, 5.74) is 5.66. The van der Waals surface area contributed by atoms with Crippen molar-refractivity contribution < 1.29 is 26.7 Å². The third-order valence-electron chi connectivity index (χ3n) is 7.54. The van der Waals surface area contributed by atoms with Crippen LogP contribution < -0.4 is 15.2 Å². The summed E-state index contributed by atoms with van der Waals surface area (Å²) in [6, 6.07) is 7.82. The third-order valence-corrected chi connectivity index (χ3v) is 9.50. The Morgan fingerprint density at radius 3 is 2.28 bits per heavy atom. The number of nitrogens with zero attached hydrogens (tertiary/aromatic N) is 1. The molecule has 2 bridgehead atoms. The summed E-state index contributed by atoms with van der Waals surface area (Å²) >= 11 is 3.23. The predicted molar refractivity (Wildman–Crippen MR) is 149 cm³/mol. The number of carbonyl (C=O) groups is 1. The lowest BCUT2D eigenvalue weighted by molar-refractivity contribution is -0.149. The Labute approximate surface area is 237 Å². The van der Waals surface area contributed by atoms with Crippen LogP contribution in [0.1, 0.15) is 63.9 Å². The molecule has 0 aliphatic carbocycles. The minimum atomic E-state index is -4.48. The van der Waals surface area contributed by atoms with Crippen LogP contribution in [0.5, 0.6) is 5.75 Å². The minimum Gasteiger partial charge on any atom is -0.494 e. The Kier molecular flexibility index (Phi) is 9.67. The van der Waals surface area contributed by atoms with Gasteiger partial charge in [-0.25, -0.2) is 8.42 Å². The zero-order valence-electron chi connectivity index (χ0n) is 22.0. The standard InChI is InChI=1S/C28H36BrF2N3O4S/c1-2-3-4-5-16-38-24-12-14-25(15-13-24)39(36,37)33-26(28(30,31)19-6-8-20(29)9-7-19)27(35)34-22-10-11-23(34)18-21(32)17-22/h6-9,12-15,21-23,26,33H,2-5,10-11,16-18,32H2,1H3. The van der Waals surface area contributed by atoms with Gasteiger partial charge in [0.05, 0.1) is 11.5 Å². The molecular weight excluding hydrogens is 592 g/mol. The van der Waals surface area contributed by atoms with E-state index >= 15 is 8.78 Å². The van der Waals surface area contributed by atoms with Gasteiger partial charge >= 0.3 is 0 Å². The van der Waals surface area contributed by atoms with Crippen LogP contribution in [0.4, 0.5) is 8.78 Å². The van der Waals surface area contributed by atoms with Crippen LogP contribution in [-0.2, 0) is 20.7 Å². The molecular formula is C28H36BrF2N3O4S. The Balaban J connectivity index is 1.58. The van der Waals surface area contributed by atoms with Crippen molar-refractivity contribution in [1.29, 1.82) is 0 Å². The van der Waals surface area contributed by atoms with E-state index < -0.39 is 33.5 Å². The van der Waals surface area contributed by atoms with E-state index in [4.69, 9.17) is 10.5 Å². The van der Waals surface area contributed by atoms with Crippen molar-refractivity contribution in [3.63, 3.8) is 0 Å². The third kappa shape index (κ3) is 6.99. The fourth-order valence-corrected chi connectivity index (χ4v) is 6.96. The van der Waals surface area contributed by atoms with Crippen molar-refractivity contribution in [2.24, 2.45) is 5.73 Å². The first-order valence-corrected chi connectivity index (χ1v) is 15.8. The van der Waals surface area contributed by atoms with Crippen molar-refractivity contribution in [3.05, 3.63) is 58.6 Å². The molecule has 0 aromatic heterocycles. The van der Waals surface area contributed by atoms with Crippen molar-refractivity contribution in [3.8, 4) is 5.75 Å². The summed E-state index contributed by atoms with van der Waals surface area (Å²) < 4.78 is 67.1. The number of ether oxygens (including phenoxy) is 1. The quantitative estimate of drug-likeness (QED) is 0.310.